The zero-order valence-electron chi connectivity index (χ0n) is 15.2. The van der Waals surface area contributed by atoms with Gasteiger partial charge in [0.2, 0.25) is 5.91 Å². The molecular weight excluding hydrogens is 344 g/mol. The number of nitrogens with two attached hydrogens (primary N) is 1. The van der Waals surface area contributed by atoms with Crippen LogP contribution in [0.2, 0.25) is 0 Å². The van der Waals surface area contributed by atoms with Crippen LogP contribution in [0, 0.1) is 5.92 Å². The van der Waals surface area contributed by atoms with Gasteiger partial charge in [0.05, 0.1) is 18.6 Å². The Labute approximate surface area is 157 Å². The average molecular weight is 366 g/mol. The van der Waals surface area contributed by atoms with Gasteiger partial charge in [-0.3, -0.25) is 9.59 Å². The van der Waals surface area contributed by atoms with Crippen molar-refractivity contribution in [3.05, 3.63) is 59.7 Å². The van der Waals surface area contributed by atoms with Crippen LogP contribution in [0.3, 0.4) is 0 Å². The minimum atomic E-state index is -0.391. The van der Waals surface area contributed by atoms with E-state index in [-0.39, 0.29) is 17.7 Å². The molecule has 2 N–H and O–H groups in total. The van der Waals surface area contributed by atoms with Gasteiger partial charge in [-0.15, -0.1) is 0 Å². The number of nitrogens with zero attached hydrogens (tertiary/aromatic N) is 1. The van der Waals surface area contributed by atoms with Crippen LogP contribution in [-0.2, 0) is 9.53 Å². The zero-order chi connectivity index (χ0) is 19.4. The van der Waals surface area contributed by atoms with Gasteiger partial charge in [0.15, 0.2) is 0 Å². The van der Waals surface area contributed by atoms with E-state index in [0.717, 1.165) is 24.0 Å². The van der Waals surface area contributed by atoms with E-state index < -0.39 is 5.97 Å². The van der Waals surface area contributed by atoms with Crippen molar-refractivity contribution in [3.63, 3.8) is 0 Å². The second-order valence-corrected chi connectivity index (χ2v) is 6.64. The van der Waals surface area contributed by atoms with E-state index in [1.807, 2.05) is 18.2 Å². The average Bonchev–Trinajstić information content (AvgIpc) is 2.73. The molecule has 1 aliphatic rings. The lowest BCUT2D eigenvalue weighted by molar-refractivity contribution is -0.123. The second kappa shape index (κ2) is 8.03. The third-order valence-electron chi connectivity index (χ3n) is 4.86. The fraction of sp³-hybridized carbons (Fsp3) is 0.286. The highest BCUT2D eigenvalue weighted by Crippen LogP contribution is 2.23. The van der Waals surface area contributed by atoms with Crippen molar-refractivity contribution in [3.8, 4) is 11.1 Å². The van der Waals surface area contributed by atoms with Crippen molar-refractivity contribution in [2.75, 3.05) is 20.2 Å². The second-order valence-electron chi connectivity index (χ2n) is 6.64. The Morgan fingerprint density at radius 1 is 1.04 bits per heavy atom. The third-order valence-corrected chi connectivity index (χ3v) is 4.86. The molecule has 6 heteroatoms. The van der Waals surface area contributed by atoms with Gasteiger partial charge in [0.1, 0.15) is 0 Å². The topological polar surface area (TPSA) is 89.7 Å². The maximum atomic E-state index is 12.7. The van der Waals surface area contributed by atoms with Crippen LogP contribution in [0.25, 0.3) is 11.1 Å². The van der Waals surface area contributed by atoms with Crippen molar-refractivity contribution >= 4 is 17.8 Å². The molecule has 2 aromatic carbocycles. The fourth-order valence-corrected chi connectivity index (χ4v) is 3.33. The van der Waals surface area contributed by atoms with Crippen LogP contribution in [0.15, 0.2) is 48.5 Å². The van der Waals surface area contributed by atoms with Gasteiger partial charge in [-0.25, -0.2) is 4.79 Å². The first-order chi connectivity index (χ1) is 13.0. The summed E-state index contributed by atoms with van der Waals surface area (Å²) in [5.41, 5.74) is 8.18. The number of methoxy groups -OCH3 is 1. The van der Waals surface area contributed by atoms with Crippen molar-refractivity contribution in [1.82, 2.24) is 4.90 Å². The number of hydrogen-bond acceptors (Lipinski definition) is 4. The van der Waals surface area contributed by atoms with E-state index >= 15 is 0 Å². The van der Waals surface area contributed by atoms with Crippen molar-refractivity contribution < 1.29 is 19.1 Å². The maximum Gasteiger partial charge on any atom is 0.337 e. The lowest BCUT2D eigenvalue weighted by Crippen LogP contribution is -2.44. The molecule has 0 spiro atoms. The molecule has 1 fully saturated rings. The van der Waals surface area contributed by atoms with Gasteiger partial charge in [-0.05, 0) is 48.2 Å². The largest absolute Gasteiger partial charge is 0.465 e. The molecule has 27 heavy (non-hydrogen) atoms. The van der Waals surface area contributed by atoms with E-state index in [9.17, 15) is 14.4 Å². The first-order valence-electron chi connectivity index (χ1n) is 8.87. The molecule has 1 heterocycles. The van der Waals surface area contributed by atoms with Crippen LogP contribution in [0.4, 0.5) is 0 Å². The van der Waals surface area contributed by atoms with Gasteiger partial charge in [0, 0.05) is 18.7 Å². The lowest BCUT2D eigenvalue weighted by atomic mass is 9.96. The van der Waals surface area contributed by atoms with Crippen LogP contribution < -0.4 is 5.73 Å². The minimum absolute atomic E-state index is 0.101. The molecular formula is C21H22N2O4. The van der Waals surface area contributed by atoms with E-state index in [4.69, 9.17) is 10.5 Å². The predicted octanol–water partition coefficient (Wildman–Crippen LogP) is 2.48. The number of benzene rings is 2. The van der Waals surface area contributed by atoms with Gasteiger partial charge in [-0.2, -0.15) is 0 Å². The maximum absolute atomic E-state index is 12.7. The molecule has 2 aromatic rings. The summed E-state index contributed by atoms with van der Waals surface area (Å²) < 4.78 is 4.75. The highest BCUT2D eigenvalue weighted by Gasteiger charge is 2.27. The quantitative estimate of drug-likeness (QED) is 0.842. The van der Waals surface area contributed by atoms with Crippen molar-refractivity contribution in [2.24, 2.45) is 11.7 Å². The first-order valence-corrected chi connectivity index (χ1v) is 8.87. The summed E-state index contributed by atoms with van der Waals surface area (Å²) in [5.74, 6) is -1.12. The molecule has 1 aliphatic heterocycles. The van der Waals surface area contributed by atoms with Gasteiger partial charge in [0.25, 0.3) is 5.91 Å². The summed E-state index contributed by atoms with van der Waals surface area (Å²) in [6, 6.07) is 14.3. The van der Waals surface area contributed by atoms with E-state index in [2.05, 4.69) is 0 Å². The number of esters is 1. The Balaban J connectivity index is 1.76. The van der Waals surface area contributed by atoms with Crippen LogP contribution in [-0.4, -0.2) is 42.9 Å². The third kappa shape index (κ3) is 4.16. The highest BCUT2D eigenvalue weighted by molar-refractivity contribution is 5.95. The zero-order valence-corrected chi connectivity index (χ0v) is 15.2. The molecule has 0 aliphatic carbocycles. The predicted molar refractivity (Wildman–Crippen MR) is 101 cm³/mol. The van der Waals surface area contributed by atoms with E-state index in [1.54, 1.807) is 35.2 Å². The Hall–Kier alpha value is -3.15. The number of ether oxygens (including phenoxy) is 1. The number of amides is 2. The van der Waals surface area contributed by atoms with Gasteiger partial charge in [-0.1, -0.05) is 24.3 Å². The van der Waals surface area contributed by atoms with Crippen molar-refractivity contribution in [1.29, 1.82) is 0 Å². The number of rotatable bonds is 4. The molecule has 6 nitrogen and oxygen atoms in total. The Kier molecular flexibility index (Phi) is 5.54. The number of primary amides is 1. The summed E-state index contributed by atoms with van der Waals surface area (Å²) in [4.78, 5) is 37.5. The van der Waals surface area contributed by atoms with Crippen LogP contribution in [0.1, 0.15) is 33.6 Å². The number of piperidine rings is 1. The number of carbonyl (C=O) groups is 3. The van der Waals surface area contributed by atoms with E-state index in [0.29, 0.717) is 24.2 Å². The monoisotopic (exact) mass is 366 g/mol. The molecule has 2 amide bonds. The molecule has 0 bridgehead atoms. The molecule has 3 rings (SSSR count). The Morgan fingerprint density at radius 2 is 1.78 bits per heavy atom. The molecule has 0 radical (unpaired) electrons. The lowest BCUT2D eigenvalue weighted by Gasteiger charge is -2.31. The van der Waals surface area contributed by atoms with Crippen LogP contribution in [0.5, 0.6) is 0 Å². The number of hydrogen-bond donors (Lipinski definition) is 1. The Bertz CT molecular complexity index is 861. The molecule has 1 saturated heterocycles. The smallest absolute Gasteiger partial charge is 0.337 e. The summed E-state index contributed by atoms with van der Waals surface area (Å²) in [6.45, 7) is 1.00. The molecule has 1 unspecified atom stereocenters. The number of carbonyl (C=O) groups excluding carboxylic acids is 3. The van der Waals surface area contributed by atoms with E-state index in [1.165, 1.54) is 7.11 Å². The first kappa shape index (κ1) is 18.6. The summed E-state index contributed by atoms with van der Waals surface area (Å²) >= 11 is 0. The highest BCUT2D eigenvalue weighted by atomic mass is 16.5. The standard InChI is InChI=1S/C21H22N2O4/c1-27-21(26)17-5-2-4-16(12-17)14-7-9-15(10-8-14)20(25)23-11-3-6-18(13-23)19(22)24/h2,4-5,7-10,12,18H,3,6,11,13H2,1H3,(H2,22,24). The SMILES string of the molecule is COC(=O)c1cccc(-c2ccc(C(=O)N3CCCC(C(N)=O)C3)cc2)c1. The van der Waals surface area contributed by atoms with Gasteiger partial charge < -0.3 is 15.4 Å². The fourth-order valence-electron chi connectivity index (χ4n) is 3.33. The Morgan fingerprint density at radius 3 is 2.44 bits per heavy atom. The molecule has 0 aromatic heterocycles. The normalized spacial score (nSPS) is 16.6. The van der Waals surface area contributed by atoms with Crippen molar-refractivity contribution in [2.45, 2.75) is 12.8 Å². The van der Waals surface area contributed by atoms with Gasteiger partial charge >= 0.3 is 5.97 Å². The summed E-state index contributed by atoms with van der Waals surface area (Å²) in [7, 11) is 1.35. The molecule has 0 saturated carbocycles. The van der Waals surface area contributed by atoms with Crippen LogP contribution >= 0.6 is 0 Å². The summed E-state index contributed by atoms with van der Waals surface area (Å²) in [5, 5.41) is 0. The summed E-state index contributed by atoms with van der Waals surface area (Å²) in [6.07, 6.45) is 1.51. The molecule has 1 atom stereocenters. The minimum Gasteiger partial charge on any atom is -0.465 e. The number of likely N-dealkylation sites (tertiary alicyclic amines) is 1. The molecule has 140 valence electrons.